The van der Waals surface area contributed by atoms with Gasteiger partial charge in [-0.05, 0) is 42.8 Å². The third-order valence-corrected chi connectivity index (χ3v) is 11.8. The van der Waals surface area contributed by atoms with Crippen molar-refractivity contribution in [3.8, 4) is 0 Å². The average molecular weight is 327 g/mol. The zero-order chi connectivity index (χ0) is 16.4. The summed E-state index contributed by atoms with van der Waals surface area (Å²) in [6.07, 6.45) is 7.68. The van der Waals surface area contributed by atoms with Crippen molar-refractivity contribution in [1.29, 1.82) is 0 Å². The van der Waals surface area contributed by atoms with E-state index in [0.29, 0.717) is 5.92 Å². The molecule has 2 fully saturated rings. The second-order valence-corrected chi connectivity index (χ2v) is 13.1. The molecule has 0 unspecified atom stereocenters. The third kappa shape index (κ3) is 3.59. The molecule has 0 amide bonds. The topological polar surface area (TPSA) is 35.5 Å². The van der Waals surface area contributed by atoms with Crippen LogP contribution in [-0.4, -0.2) is 27.5 Å². The monoisotopic (exact) mass is 326 g/mol. The van der Waals surface area contributed by atoms with Gasteiger partial charge in [-0.25, -0.2) is 0 Å². The second-order valence-electron chi connectivity index (χ2n) is 8.39. The predicted molar refractivity (Wildman–Crippen MR) is 92.3 cm³/mol. The molecule has 1 saturated carbocycles. The van der Waals surface area contributed by atoms with Crippen LogP contribution < -0.4 is 0 Å². The number of carbonyl (C=O) groups excluding carboxylic acids is 1. The highest BCUT2D eigenvalue weighted by Crippen LogP contribution is 2.52. The van der Waals surface area contributed by atoms with Gasteiger partial charge in [0.25, 0.3) is 0 Å². The number of esters is 1. The van der Waals surface area contributed by atoms with Gasteiger partial charge in [0, 0.05) is 0 Å². The zero-order valence-electron chi connectivity index (χ0n) is 15.1. The van der Waals surface area contributed by atoms with Crippen LogP contribution in [0.5, 0.6) is 0 Å². The van der Waals surface area contributed by atoms with E-state index < -0.39 is 8.32 Å². The Morgan fingerprint density at radius 1 is 1.09 bits per heavy atom. The van der Waals surface area contributed by atoms with Gasteiger partial charge >= 0.3 is 5.97 Å². The number of methoxy groups -OCH3 is 1. The van der Waals surface area contributed by atoms with E-state index in [0.717, 1.165) is 0 Å². The number of carbonyl (C=O) groups is 1. The molecule has 4 heteroatoms. The van der Waals surface area contributed by atoms with Crippen molar-refractivity contribution >= 4 is 14.3 Å². The van der Waals surface area contributed by atoms with Crippen LogP contribution in [0.3, 0.4) is 0 Å². The molecule has 0 aromatic carbocycles. The summed E-state index contributed by atoms with van der Waals surface area (Å²) >= 11 is 0. The molecule has 0 radical (unpaired) electrons. The van der Waals surface area contributed by atoms with Gasteiger partial charge in [0.15, 0.2) is 8.32 Å². The van der Waals surface area contributed by atoms with Gasteiger partial charge in [0.05, 0.1) is 19.1 Å². The molecule has 0 N–H and O–H groups in total. The van der Waals surface area contributed by atoms with Crippen LogP contribution in [0, 0.1) is 11.8 Å². The fourth-order valence-electron chi connectivity index (χ4n) is 4.19. The molecule has 2 aliphatic rings. The lowest BCUT2D eigenvalue weighted by molar-refractivity contribution is -0.149. The van der Waals surface area contributed by atoms with Crippen molar-refractivity contribution in [3.63, 3.8) is 0 Å². The molecule has 0 aromatic rings. The Balaban J connectivity index is 2.18. The molecule has 1 aliphatic heterocycles. The number of ether oxygens (including phenoxy) is 1. The molecule has 0 bridgehead atoms. The molecule has 1 aliphatic carbocycles. The first-order valence-corrected chi connectivity index (χ1v) is 11.4. The summed E-state index contributed by atoms with van der Waals surface area (Å²) in [5.41, 5.74) is 0. The number of hydrogen-bond acceptors (Lipinski definition) is 3. The normalized spacial score (nSPS) is 25.1. The van der Waals surface area contributed by atoms with Gasteiger partial charge < -0.3 is 9.16 Å². The van der Waals surface area contributed by atoms with Crippen molar-refractivity contribution < 1.29 is 14.0 Å². The van der Waals surface area contributed by atoms with Gasteiger partial charge in [-0.2, -0.15) is 0 Å². The molecule has 3 nitrogen and oxygen atoms in total. The fraction of sp³-hybridized carbons (Fsp3) is 0.944. The van der Waals surface area contributed by atoms with E-state index >= 15 is 0 Å². The lowest BCUT2D eigenvalue weighted by Crippen LogP contribution is -2.57. The summed E-state index contributed by atoms with van der Waals surface area (Å²) in [4.78, 5) is 12.2. The van der Waals surface area contributed by atoms with E-state index in [9.17, 15) is 4.79 Å². The maximum atomic E-state index is 12.2. The quantitative estimate of drug-likeness (QED) is 0.532. The van der Waals surface area contributed by atoms with Crippen LogP contribution in [0.2, 0.25) is 17.1 Å². The highest BCUT2D eigenvalue weighted by atomic mass is 28.4. The van der Waals surface area contributed by atoms with Crippen LogP contribution in [-0.2, 0) is 14.0 Å². The minimum absolute atomic E-state index is 0.0685. The van der Waals surface area contributed by atoms with Crippen LogP contribution in [0.4, 0.5) is 0 Å². The van der Waals surface area contributed by atoms with E-state index in [1.54, 1.807) is 0 Å². The summed E-state index contributed by atoms with van der Waals surface area (Å²) in [7, 11) is -0.224. The smallest absolute Gasteiger partial charge is 0.310 e. The molecule has 2 atom stereocenters. The molecule has 1 heterocycles. The van der Waals surface area contributed by atoms with E-state index in [1.165, 1.54) is 57.7 Å². The summed E-state index contributed by atoms with van der Waals surface area (Å²) in [6.45, 7) is 9.01. The van der Waals surface area contributed by atoms with Crippen molar-refractivity contribution in [2.75, 3.05) is 7.11 Å². The van der Waals surface area contributed by atoms with Crippen molar-refractivity contribution in [2.24, 2.45) is 11.8 Å². The first-order chi connectivity index (χ1) is 10.3. The molecule has 0 aromatic heterocycles. The third-order valence-electron chi connectivity index (χ3n) is 6.07. The summed E-state index contributed by atoms with van der Waals surface area (Å²) in [5, 5.41) is 0.258. The largest absolute Gasteiger partial charge is 0.469 e. The molecular weight excluding hydrogens is 292 g/mol. The van der Waals surface area contributed by atoms with Gasteiger partial charge in [-0.15, -0.1) is 0 Å². The van der Waals surface area contributed by atoms with Crippen LogP contribution >= 0.6 is 0 Å². The van der Waals surface area contributed by atoms with Gasteiger partial charge in [0.1, 0.15) is 0 Å². The van der Waals surface area contributed by atoms with Gasteiger partial charge in [-0.1, -0.05) is 46.5 Å². The van der Waals surface area contributed by atoms with Gasteiger partial charge in [-0.3, -0.25) is 4.79 Å². The molecular formula is C18H34O3Si. The Morgan fingerprint density at radius 3 is 2.09 bits per heavy atom. The van der Waals surface area contributed by atoms with E-state index in [1.807, 2.05) is 6.92 Å². The lowest BCUT2D eigenvalue weighted by atomic mass is 9.81. The Morgan fingerprint density at radius 2 is 1.68 bits per heavy atom. The van der Waals surface area contributed by atoms with E-state index in [-0.39, 0.29) is 23.0 Å². The molecule has 128 valence electrons. The van der Waals surface area contributed by atoms with Crippen LogP contribution in [0.15, 0.2) is 0 Å². The standard InChI is InChI=1S/C18H34O3Si/c1-14(17(19)20-5)16(15-10-7-6-8-11-15)21-22(12-9-13-22)18(2,3)4/h14-16H,6-13H2,1-5H3/t14-,16-/m1/s1. The highest BCUT2D eigenvalue weighted by molar-refractivity contribution is 6.79. The van der Waals surface area contributed by atoms with Crippen molar-refractivity contribution in [3.05, 3.63) is 0 Å². The second kappa shape index (κ2) is 7.04. The molecule has 0 spiro atoms. The Kier molecular flexibility index (Phi) is 5.76. The molecule has 1 saturated heterocycles. The van der Waals surface area contributed by atoms with E-state index in [2.05, 4.69) is 20.8 Å². The van der Waals surface area contributed by atoms with Crippen LogP contribution in [0.1, 0.15) is 66.2 Å². The number of hydrogen-bond donors (Lipinski definition) is 0. The summed E-state index contributed by atoms with van der Waals surface area (Å²) in [6, 6.07) is 2.52. The van der Waals surface area contributed by atoms with Crippen LogP contribution in [0.25, 0.3) is 0 Å². The lowest BCUT2D eigenvalue weighted by Gasteiger charge is -2.52. The number of rotatable bonds is 5. The first-order valence-electron chi connectivity index (χ1n) is 9.06. The Bertz CT molecular complexity index is 378. The fourth-order valence-corrected chi connectivity index (χ4v) is 8.19. The van der Waals surface area contributed by atoms with Crippen molar-refractivity contribution in [2.45, 2.75) is 89.5 Å². The maximum Gasteiger partial charge on any atom is 0.310 e. The molecule has 22 heavy (non-hydrogen) atoms. The highest BCUT2D eigenvalue weighted by Gasteiger charge is 2.54. The Hall–Kier alpha value is -0.353. The zero-order valence-corrected chi connectivity index (χ0v) is 16.1. The average Bonchev–Trinajstić information content (AvgIpc) is 2.44. The summed E-state index contributed by atoms with van der Waals surface area (Å²) in [5.74, 6) is 0.295. The molecule has 2 rings (SSSR count). The maximum absolute atomic E-state index is 12.2. The minimum Gasteiger partial charge on any atom is -0.469 e. The van der Waals surface area contributed by atoms with Gasteiger partial charge in [0.2, 0.25) is 0 Å². The Labute approximate surface area is 137 Å². The van der Waals surface area contributed by atoms with Crippen molar-refractivity contribution in [1.82, 2.24) is 0 Å². The predicted octanol–water partition coefficient (Wildman–Crippen LogP) is 4.91. The summed E-state index contributed by atoms with van der Waals surface area (Å²) < 4.78 is 11.9. The van der Waals surface area contributed by atoms with E-state index in [4.69, 9.17) is 9.16 Å². The minimum atomic E-state index is -1.72. The first kappa shape index (κ1) is 18.0. The SMILES string of the molecule is COC(=O)[C@H](C)[C@@H](O[Si]1(C(C)(C)C)CCC1)C1CCCCC1.